The molecule has 0 aromatic carbocycles. The SMILES string of the molecule is O=c1c2c(nc3nc(C4=CCOCC4)[nH]n13)CCOC21CCNCC1. The van der Waals surface area contributed by atoms with Crippen LogP contribution in [0.3, 0.4) is 0 Å². The molecule has 132 valence electrons. The van der Waals surface area contributed by atoms with E-state index in [9.17, 15) is 4.79 Å². The van der Waals surface area contributed by atoms with Gasteiger partial charge in [-0.1, -0.05) is 6.08 Å². The summed E-state index contributed by atoms with van der Waals surface area (Å²) in [6.45, 7) is 3.56. The molecule has 8 heteroatoms. The zero-order valence-electron chi connectivity index (χ0n) is 14.0. The monoisotopic (exact) mass is 343 g/mol. The van der Waals surface area contributed by atoms with Gasteiger partial charge in [-0.15, -0.1) is 0 Å². The summed E-state index contributed by atoms with van der Waals surface area (Å²) in [5.74, 6) is 1.15. The molecular formula is C17H21N5O3. The number of fused-ring (bicyclic) bond motifs is 3. The van der Waals surface area contributed by atoms with Crippen LogP contribution in [0.15, 0.2) is 10.9 Å². The minimum absolute atomic E-state index is 0.0759. The molecule has 25 heavy (non-hydrogen) atoms. The van der Waals surface area contributed by atoms with Gasteiger partial charge in [-0.2, -0.15) is 9.50 Å². The third kappa shape index (κ3) is 2.36. The topological polar surface area (TPSA) is 93.5 Å². The molecule has 0 aliphatic carbocycles. The molecule has 0 atom stereocenters. The van der Waals surface area contributed by atoms with Crippen LogP contribution in [0.4, 0.5) is 0 Å². The Morgan fingerprint density at radius 2 is 2.04 bits per heavy atom. The number of nitrogens with zero attached hydrogens (tertiary/aromatic N) is 3. The Labute approximate surface area is 144 Å². The predicted octanol–water partition coefficient (Wildman–Crippen LogP) is 0.373. The van der Waals surface area contributed by atoms with E-state index in [2.05, 4.69) is 15.4 Å². The van der Waals surface area contributed by atoms with Gasteiger partial charge in [0.05, 0.1) is 31.1 Å². The maximum absolute atomic E-state index is 13.2. The standard InChI is InChI=1S/C17H21N5O3/c23-15-13-12(3-10-25-17(13)4-6-18-7-5-17)19-16-20-14(21-22(15)16)11-1-8-24-9-2-11/h1,18H,2-10H2,(H,19,20,21). The summed E-state index contributed by atoms with van der Waals surface area (Å²) in [5.41, 5.74) is 2.05. The number of ether oxygens (including phenoxy) is 2. The van der Waals surface area contributed by atoms with Gasteiger partial charge in [0.25, 0.3) is 11.3 Å². The van der Waals surface area contributed by atoms with Crippen molar-refractivity contribution in [2.75, 3.05) is 32.9 Å². The van der Waals surface area contributed by atoms with Crippen molar-refractivity contribution in [3.63, 3.8) is 0 Å². The van der Waals surface area contributed by atoms with E-state index in [1.807, 2.05) is 6.08 Å². The van der Waals surface area contributed by atoms with E-state index in [1.54, 1.807) is 0 Å². The first-order valence-corrected chi connectivity index (χ1v) is 8.91. The molecule has 8 nitrogen and oxygen atoms in total. The van der Waals surface area contributed by atoms with Crippen molar-refractivity contribution < 1.29 is 9.47 Å². The molecule has 0 unspecified atom stereocenters. The summed E-state index contributed by atoms with van der Waals surface area (Å²) in [5, 5.41) is 6.48. The third-order valence-electron chi connectivity index (χ3n) is 5.42. The molecule has 0 saturated carbocycles. The Morgan fingerprint density at radius 1 is 1.16 bits per heavy atom. The zero-order chi connectivity index (χ0) is 16.9. The first-order chi connectivity index (χ1) is 12.3. The van der Waals surface area contributed by atoms with Crippen LogP contribution >= 0.6 is 0 Å². The van der Waals surface area contributed by atoms with Gasteiger partial charge in [0.15, 0.2) is 5.82 Å². The van der Waals surface area contributed by atoms with Crippen LogP contribution in [0.5, 0.6) is 0 Å². The number of nitrogens with one attached hydrogen (secondary N) is 2. The Kier molecular flexibility index (Phi) is 3.51. The van der Waals surface area contributed by atoms with Gasteiger partial charge < -0.3 is 14.8 Å². The molecule has 1 spiro atoms. The van der Waals surface area contributed by atoms with Crippen LogP contribution < -0.4 is 10.9 Å². The van der Waals surface area contributed by atoms with Crippen molar-refractivity contribution in [2.45, 2.75) is 31.3 Å². The molecule has 2 aromatic rings. The average Bonchev–Trinajstić information content (AvgIpc) is 3.08. The highest BCUT2D eigenvalue weighted by Gasteiger charge is 2.42. The van der Waals surface area contributed by atoms with Gasteiger partial charge >= 0.3 is 0 Å². The quantitative estimate of drug-likeness (QED) is 0.777. The average molecular weight is 343 g/mol. The molecule has 0 radical (unpaired) electrons. The fourth-order valence-electron chi connectivity index (χ4n) is 4.12. The number of piperidine rings is 1. The van der Waals surface area contributed by atoms with Crippen LogP contribution in [-0.2, 0) is 21.5 Å². The molecule has 0 bridgehead atoms. The van der Waals surface area contributed by atoms with E-state index in [0.29, 0.717) is 43.4 Å². The molecule has 0 amide bonds. The lowest BCUT2D eigenvalue weighted by atomic mass is 9.82. The van der Waals surface area contributed by atoms with Gasteiger partial charge in [0.2, 0.25) is 0 Å². The van der Waals surface area contributed by atoms with E-state index < -0.39 is 5.60 Å². The minimum atomic E-state index is -0.507. The Bertz CT molecular complexity index is 907. The van der Waals surface area contributed by atoms with Crippen molar-refractivity contribution in [1.29, 1.82) is 0 Å². The molecule has 5 heterocycles. The number of rotatable bonds is 1. The maximum atomic E-state index is 13.2. The molecule has 2 aromatic heterocycles. The number of hydrogen-bond donors (Lipinski definition) is 2. The number of hydrogen-bond acceptors (Lipinski definition) is 6. The van der Waals surface area contributed by atoms with Crippen molar-refractivity contribution >= 4 is 11.4 Å². The number of aromatic nitrogens is 4. The molecule has 3 aliphatic heterocycles. The minimum Gasteiger partial charge on any atom is -0.377 e. The Hall–Kier alpha value is -2.03. The van der Waals surface area contributed by atoms with Crippen LogP contribution in [0.2, 0.25) is 0 Å². The second kappa shape index (κ2) is 5.76. The highest BCUT2D eigenvalue weighted by atomic mass is 16.5. The summed E-state index contributed by atoms with van der Waals surface area (Å²) in [4.78, 5) is 22.5. The van der Waals surface area contributed by atoms with Crippen LogP contribution in [-0.4, -0.2) is 52.5 Å². The molecule has 1 fully saturated rings. The van der Waals surface area contributed by atoms with Gasteiger partial charge in [0.1, 0.15) is 5.60 Å². The van der Waals surface area contributed by atoms with Crippen molar-refractivity contribution in [3.05, 3.63) is 33.5 Å². The second-order valence-electron chi connectivity index (χ2n) is 6.84. The highest BCUT2D eigenvalue weighted by molar-refractivity contribution is 5.61. The lowest BCUT2D eigenvalue weighted by Gasteiger charge is -2.40. The summed E-state index contributed by atoms with van der Waals surface area (Å²) in [7, 11) is 0. The largest absolute Gasteiger partial charge is 0.377 e. The molecule has 3 aliphatic rings. The molecule has 5 rings (SSSR count). The van der Waals surface area contributed by atoms with Crippen LogP contribution in [0.25, 0.3) is 11.4 Å². The van der Waals surface area contributed by atoms with Gasteiger partial charge in [-0.05, 0) is 37.9 Å². The Balaban J connectivity index is 1.68. The number of H-pyrrole nitrogens is 1. The zero-order valence-corrected chi connectivity index (χ0v) is 14.0. The fourth-order valence-corrected chi connectivity index (χ4v) is 4.12. The molecular weight excluding hydrogens is 322 g/mol. The lowest BCUT2D eigenvalue weighted by molar-refractivity contribution is -0.0822. The summed E-state index contributed by atoms with van der Waals surface area (Å²) in [6, 6.07) is 0. The Morgan fingerprint density at radius 3 is 2.84 bits per heavy atom. The van der Waals surface area contributed by atoms with Crippen molar-refractivity contribution in [3.8, 4) is 0 Å². The van der Waals surface area contributed by atoms with E-state index in [-0.39, 0.29) is 5.56 Å². The van der Waals surface area contributed by atoms with Crippen LogP contribution in [0, 0.1) is 0 Å². The first-order valence-electron chi connectivity index (χ1n) is 8.91. The lowest BCUT2D eigenvalue weighted by Crippen LogP contribution is -2.49. The van der Waals surface area contributed by atoms with E-state index in [4.69, 9.17) is 14.5 Å². The van der Waals surface area contributed by atoms with Crippen LogP contribution in [0.1, 0.15) is 36.3 Å². The fraction of sp³-hybridized carbons (Fsp3) is 0.588. The van der Waals surface area contributed by atoms with Crippen molar-refractivity contribution in [1.82, 2.24) is 24.9 Å². The smallest absolute Gasteiger partial charge is 0.280 e. The van der Waals surface area contributed by atoms with E-state index in [0.717, 1.165) is 43.6 Å². The predicted molar refractivity (Wildman–Crippen MR) is 90.5 cm³/mol. The summed E-state index contributed by atoms with van der Waals surface area (Å²) < 4.78 is 13.0. The molecule has 1 saturated heterocycles. The highest BCUT2D eigenvalue weighted by Crippen LogP contribution is 2.37. The molecule has 2 N–H and O–H groups in total. The second-order valence-corrected chi connectivity index (χ2v) is 6.84. The summed E-state index contributed by atoms with van der Waals surface area (Å²) in [6.07, 6.45) is 5.05. The van der Waals surface area contributed by atoms with E-state index in [1.165, 1.54) is 4.52 Å². The van der Waals surface area contributed by atoms with Gasteiger partial charge in [0, 0.05) is 6.42 Å². The third-order valence-corrected chi connectivity index (χ3v) is 5.42. The van der Waals surface area contributed by atoms with Gasteiger partial charge in [-0.25, -0.2) is 4.98 Å². The van der Waals surface area contributed by atoms with E-state index >= 15 is 0 Å². The van der Waals surface area contributed by atoms with Crippen molar-refractivity contribution in [2.24, 2.45) is 0 Å². The first kappa shape index (κ1) is 15.2. The van der Waals surface area contributed by atoms with Gasteiger partial charge in [-0.3, -0.25) is 9.89 Å². The number of aromatic amines is 1. The normalized spacial score (nSPS) is 22.8. The summed E-state index contributed by atoms with van der Waals surface area (Å²) >= 11 is 0. The maximum Gasteiger partial charge on any atom is 0.280 e.